The minimum absolute atomic E-state index is 0.306. The molecule has 4 nitrogen and oxygen atoms in total. The molecule has 0 spiro atoms. The summed E-state index contributed by atoms with van der Waals surface area (Å²) in [4.78, 5) is 11.8. The largest absolute Gasteiger partial charge is 0.495 e. The lowest BCUT2D eigenvalue weighted by Gasteiger charge is -2.23. The third-order valence-electron chi connectivity index (χ3n) is 2.30. The number of halogens is 1. The van der Waals surface area contributed by atoms with Crippen molar-refractivity contribution in [1.29, 1.82) is 0 Å². The fourth-order valence-corrected chi connectivity index (χ4v) is 1.71. The van der Waals surface area contributed by atoms with Crippen LogP contribution in [-0.4, -0.2) is 24.7 Å². The van der Waals surface area contributed by atoms with E-state index >= 15 is 0 Å². The fourth-order valence-electron chi connectivity index (χ4n) is 1.46. The Bertz CT molecular complexity index is 454. The van der Waals surface area contributed by atoms with Crippen LogP contribution in [0.1, 0.15) is 27.7 Å². The standard InChI is InChI=1S/C14H20ClNO3/c1-9(13(17)19-14(2,3)4)16-10-6-7-12(18-5)11(15)8-10/h6-9,16H,1-5H3. The van der Waals surface area contributed by atoms with Crippen LogP contribution in [-0.2, 0) is 9.53 Å². The van der Waals surface area contributed by atoms with Gasteiger partial charge < -0.3 is 14.8 Å². The first kappa shape index (κ1) is 15.6. The van der Waals surface area contributed by atoms with E-state index in [0.717, 1.165) is 5.69 Å². The first-order chi connectivity index (χ1) is 8.73. The van der Waals surface area contributed by atoms with Crippen LogP contribution in [0.5, 0.6) is 5.75 Å². The molecule has 5 heteroatoms. The van der Waals surface area contributed by atoms with Gasteiger partial charge in [-0.25, -0.2) is 4.79 Å². The Morgan fingerprint density at radius 2 is 2.00 bits per heavy atom. The second kappa shape index (κ2) is 6.15. The summed E-state index contributed by atoms with van der Waals surface area (Å²) in [6.07, 6.45) is 0. The molecule has 1 aromatic rings. The summed E-state index contributed by atoms with van der Waals surface area (Å²) in [5.74, 6) is 0.288. The summed E-state index contributed by atoms with van der Waals surface area (Å²) in [5.41, 5.74) is 0.245. The minimum atomic E-state index is -0.495. The molecule has 1 aromatic carbocycles. The van der Waals surface area contributed by atoms with Gasteiger partial charge in [0.15, 0.2) is 0 Å². The summed E-state index contributed by atoms with van der Waals surface area (Å²) < 4.78 is 10.4. The molecule has 1 rings (SSSR count). The molecule has 1 N–H and O–H groups in total. The van der Waals surface area contributed by atoms with Crippen LogP contribution in [0.2, 0.25) is 5.02 Å². The quantitative estimate of drug-likeness (QED) is 0.860. The smallest absolute Gasteiger partial charge is 0.328 e. The summed E-state index contributed by atoms with van der Waals surface area (Å²) in [7, 11) is 1.55. The van der Waals surface area contributed by atoms with Crippen LogP contribution < -0.4 is 10.1 Å². The zero-order valence-electron chi connectivity index (χ0n) is 11.9. The first-order valence-corrected chi connectivity index (χ1v) is 6.43. The zero-order valence-corrected chi connectivity index (χ0v) is 12.7. The average Bonchev–Trinajstić information content (AvgIpc) is 2.27. The highest BCUT2D eigenvalue weighted by Crippen LogP contribution is 2.27. The lowest BCUT2D eigenvalue weighted by Crippen LogP contribution is -2.34. The van der Waals surface area contributed by atoms with Gasteiger partial charge in [-0.2, -0.15) is 0 Å². The van der Waals surface area contributed by atoms with E-state index < -0.39 is 11.6 Å². The van der Waals surface area contributed by atoms with E-state index in [2.05, 4.69) is 5.32 Å². The number of esters is 1. The SMILES string of the molecule is COc1ccc(NC(C)C(=O)OC(C)(C)C)cc1Cl. The predicted molar refractivity (Wildman–Crippen MR) is 76.9 cm³/mol. The van der Waals surface area contributed by atoms with Gasteiger partial charge in [0.2, 0.25) is 0 Å². The number of rotatable bonds is 4. The first-order valence-electron chi connectivity index (χ1n) is 6.06. The maximum Gasteiger partial charge on any atom is 0.328 e. The van der Waals surface area contributed by atoms with Gasteiger partial charge in [0.05, 0.1) is 12.1 Å². The van der Waals surface area contributed by atoms with Crippen molar-refractivity contribution in [3.05, 3.63) is 23.2 Å². The van der Waals surface area contributed by atoms with Crippen LogP contribution in [0.25, 0.3) is 0 Å². The van der Waals surface area contributed by atoms with Crippen molar-refractivity contribution < 1.29 is 14.3 Å². The highest BCUT2D eigenvalue weighted by molar-refractivity contribution is 6.32. The minimum Gasteiger partial charge on any atom is -0.495 e. The Balaban J connectivity index is 2.69. The third-order valence-corrected chi connectivity index (χ3v) is 2.59. The molecule has 1 atom stereocenters. The average molecular weight is 286 g/mol. The van der Waals surface area contributed by atoms with Gasteiger partial charge in [0.1, 0.15) is 17.4 Å². The molecule has 0 amide bonds. The molecule has 0 saturated heterocycles. The lowest BCUT2D eigenvalue weighted by atomic mass is 10.2. The van der Waals surface area contributed by atoms with Gasteiger partial charge in [0.25, 0.3) is 0 Å². The Morgan fingerprint density at radius 3 is 2.47 bits per heavy atom. The summed E-state index contributed by atoms with van der Waals surface area (Å²) in [6, 6.07) is 4.79. The summed E-state index contributed by atoms with van der Waals surface area (Å²) >= 11 is 6.02. The van der Waals surface area contributed by atoms with Crippen LogP contribution in [0, 0.1) is 0 Å². The van der Waals surface area contributed by atoms with Gasteiger partial charge in [0, 0.05) is 5.69 Å². The van der Waals surface area contributed by atoms with Crippen LogP contribution >= 0.6 is 11.6 Å². The number of anilines is 1. The van der Waals surface area contributed by atoms with E-state index in [1.54, 1.807) is 32.2 Å². The van der Waals surface area contributed by atoms with E-state index in [4.69, 9.17) is 21.1 Å². The second-order valence-electron chi connectivity index (χ2n) is 5.25. The summed E-state index contributed by atoms with van der Waals surface area (Å²) in [5, 5.41) is 3.53. The van der Waals surface area contributed by atoms with Gasteiger partial charge >= 0.3 is 5.97 Å². The third kappa shape index (κ3) is 4.99. The van der Waals surface area contributed by atoms with Gasteiger partial charge in [-0.3, -0.25) is 0 Å². The van der Waals surface area contributed by atoms with E-state index in [1.807, 2.05) is 20.8 Å². The van der Waals surface area contributed by atoms with E-state index in [0.29, 0.717) is 10.8 Å². The van der Waals surface area contributed by atoms with Crippen molar-refractivity contribution >= 4 is 23.3 Å². The maximum absolute atomic E-state index is 11.8. The van der Waals surface area contributed by atoms with Crippen molar-refractivity contribution in [2.24, 2.45) is 0 Å². The molecule has 19 heavy (non-hydrogen) atoms. The molecule has 1 unspecified atom stereocenters. The van der Waals surface area contributed by atoms with Gasteiger partial charge in [-0.15, -0.1) is 0 Å². The van der Waals surface area contributed by atoms with E-state index in [1.165, 1.54) is 0 Å². The number of nitrogens with one attached hydrogen (secondary N) is 1. The normalized spacial score (nSPS) is 12.7. The molecule has 0 bridgehead atoms. The monoisotopic (exact) mass is 285 g/mol. The Hall–Kier alpha value is -1.42. The molecule has 0 saturated carbocycles. The Morgan fingerprint density at radius 1 is 1.37 bits per heavy atom. The van der Waals surface area contributed by atoms with Crippen molar-refractivity contribution in [2.45, 2.75) is 39.3 Å². The molecule has 0 radical (unpaired) electrons. The molecular weight excluding hydrogens is 266 g/mol. The zero-order chi connectivity index (χ0) is 14.6. The Kier molecular flexibility index (Phi) is 5.06. The van der Waals surface area contributed by atoms with Crippen molar-refractivity contribution in [2.75, 3.05) is 12.4 Å². The Labute approximate surface area is 119 Å². The van der Waals surface area contributed by atoms with Crippen LogP contribution in [0.15, 0.2) is 18.2 Å². The molecular formula is C14H20ClNO3. The van der Waals surface area contributed by atoms with Gasteiger partial charge in [-0.1, -0.05) is 11.6 Å². The molecule has 0 aliphatic rings. The number of carbonyl (C=O) groups excluding carboxylic acids is 1. The highest BCUT2D eigenvalue weighted by atomic mass is 35.5. The van der Waals surface area contributed by atoms with E-state index in [9.17, 15) is 4.79 Å². The number of methoxy groups -OCH3 is 1. The number of benzene rings is 1. The number of hydrogen-bond acceptors (Lipinski definition) is 4. The number of ether oxygens (including phenoxy) is 2. The van der Waals surface area contributed by atoms with Crippen molar-refractivity contribution in [3.63, 3.8) is 0 Å². The number of hydrogen-bond donors (Lipinski definition) is 1. The van der Waals surface area contributed by atoms with Crippen LogP contribution in [0.3, 0.4) is 0 Å². The molecule has 0 heterocycles. The van der Waals surface area contributed by atoms with Gasteiger partial charge in [-0.05, 0) is 45.9 Å². The summed E-state index contributed by atoms with van der Waals surface area (Å²) in [6.45, 7) is 7.25. The second-order valence-corrected chi connectivity index (χ2v) is 5.66. The van der Waals surface area contributed by atoms with E-state index in [-0.39, 0.29) is 5.97 Å². The van der Waals surface area contributed by atoms with Crippen molar-refractivity contribution in [3.8, 4) is 5.75 Å². The molecule has 0 aromatic heterocycles. The molecule has 0 aliphatic heterocycles. The predicted octanol–water partition coefficient (Wildman–Crippen LogP) is 3.49. The number of carbonyl (C=O) groups is 1. The van der Waals surface area contributed by atoms with Crippen molar-refractivity contribution in [1.82, 2.24) is 0 Å². The lowest BCUT2D eigenvalue weighted by molar-refractivity contribution is -0.155. The maximum atomic E-state index is 11.8. The van der Waals surface area contributed by atoms with Crippen LogP contribution in [0.4, 0.5) is 5.69 Å². The topological polar surface area (TPSA) is 47.6 Å². The molecule has 0 fully saturated rings. The molecule has 0 aliphatic carbocycles. The fraction of sp³-hybridized carbons (Fsp3) is 0.500. The molecule has 106 valence electrons. The highest BCUT2D eigenvalue weighted by Gasteiger charge is 2.21.